The molecule has 3 rings (SSSR count). The number of halogens is 1. The summed E-state index contributed by atoms with van der Waals surface area (Å²) in [7, 11) is -1.39. The van der Waals surface area contributed by atoms with Crippen LogP contribution in [-0.4, -0.2) is 63.1 Å². The number of methoxy groups -OCH3 is 1. The fourth-order valence-corrected chi connectivity index (χ4v) is 5.43. The van der Waals surface area contributed by atoms with Crippen LogP contribution in [0.3, 0.4) is 0 Å². The second kappa shape index (κ2) is 13.4. The molecule has 0 aliphatic carbocycles. The summed E-state index contributed by atoms with van der Waals surface area (Å²) in [4.78, 5) is 39.2. The van der Waals surface area contributed by atoms with Crippen molar-refractivity contribution in [2.24, 2.45) is 0 Å². The molecule has 212 valence electrons. The lowest BCUT2D eigenvalue weighted by atomic mass is 10.0. The molecule has 11 nitrogen and oxygen atoms in total. The van der Waals surface area contributed by atoms with Gasteiger partial charge in [-0.2, -0.15) is 0 Å². The van der Waals surface area contributed by atoms with Crippen molar-refractivity contribution < 1.29 is 27.7 Å². The van der Waals surface area contributed by atoms with Gasteiger partial charge in [-0.1, -0.05) is 58.4 Å². The predicted molar refractivity (Wildman–Crippen MR) is 155 cm³/mol. The number of nitro groups is 1. The number of nitrogens with one attached hydrogen (secondary N) is 1. The molecule has 0 bridgehead atoms. The second-order valence-corrected chi connectivity index (χ2v) is 11.7. The molecule has 13 heteroatoms. The van der Waals surface area contributed by atoms with E-state index in [2.05, 4.69) is 21.2 Å². The van der Waals surface area contributed by atoms with Gasteiger partial charge in [0.05, 0.1) is 18.3 Å². The van der Waals surface area contributed by atoms with E-state index in [1.807, 2.05) is 36.4 Å². The summed E-state index contributed by atoms with van der Waals surface area (Å²) in [5.41, 5.74) is 0.941. The maximum Gasteiger partial charge on any atom is 0.271 e. The molecule has 0 fully saturated rings. The van der Waals surface area contributed by atoms with Gasteiger partial charge in [0.1, 0.15) is 24.0 Å². The van der Waals surface area contributed by atoms with Gasteiger partial charge in [-0.15, -0.1) is 0 Å². The first-order chi connectivity index (χ1) is 18.9. The van der Waals surface area contributed by atoms with Crippen molar-refractivity contribution in [3.8, 4) is 5.75 Å². The van der Waals surface area contributed by atoms with E-state index in [4.69, 9.17) is 4.74 Å². The van der Waals surface area contributed by atoms with Crippen molar-refractivity contribution in [3.63, 3.8) is 0 Å². The van der Waals surface area contributed by atoms with E-state index in [9.17, 15) is 28.1 Å². The van der Waals surface area contributed by atoms with Crippen LogP contribution in [0, 0.1) is 10.1 Å². The average Bonchev–Trinajstić information content (AvgIpc) is 2.92. The number of amides is 2. The number of carbonyl (C=O) groups is 2. The highest BCUT2D eigenvalue weighted by molar-refractivity contribution is 9.10. The highest BCUT2D eigenvalue weighted by Gasteiger charge is 2.34. The zero-order valence-corrected chi connectivity index (χ0v) is 24.5. The second-order valence-electron chi connectivity index (χ2n) is 8.85. The van der Waals surface area contributed by atoms with Crippen LogP contribution in [-0.2, 0) is 32.6 Å². The van der Waals surface area contributed by atoms with Gasteiger partial charge >= 0.3 is 0 Å². The number of nitro benzene ring substituents is 1. The van der Waals surface area contributed by atoms with Crippen LogP contribution < -0.4 is 14.4 Å². The number of carbonyl (C=O) groups excluding carboxylic acids is 2. The zero-order valence-electron chi connectivity index (χ0n) is 22.1. The molecule has 40 heavy (non-hydrogen) atoms. The number of sulfonamides is 1. The normalized spacial score (nSPS) is 11.8. The topological polar surface area (TPSA) is 139 Å². The average molecular weight is 634 g/mol. The van der Waals surface area contributed by atoms with Gasteiger partial charge in [-0.3, -0.25) is 24.0 Å². The number of likely N-dealkylation sites (N-methyl/N-ethyl adjacent to an activating group) is 1. The zero-order chi connectivity index (χ0) is 29.4. The number of ether oxygens (including phenoxy) is 1. The summed E-state index contributed by atoms with van der Waals surface area (Å²) in [6.45, 7) is -0.737. The molecule has 0 heterocycles. The first kappa shape index (κ1) is 30.6. The summed E-state index contributed by atoms with van der Waals surface area (Å²) in [5.74, 6) is -1.11. The summed E-state index contributed by atoms with van der Waals surface area (Å²) < 4.78 is 32.6. The molecule has 2 amide bonds. The molecule has 1 unspecified atom stereocenters. The van der Waals surface area contributed by atoms with Gasteiger partial charge in [-0.05, 0) is 29.3 Å². The van der Waals surface area contributed by atoms with Gasteiger partial charge in [0, 0.05) is 36.6 Å². The van der Waals surface area contributed by atoms with E-state index < -0.39 is 39.3 Å². The SMILES string of the molecule is CNC(=O)C(Cc1ccccc1)N(Cc1cccc(Br)c1)C(=O)CN(c1cc([N+](=O)[O-])ccc1OC)S(C)(=O)=O. The molecule has 3 aromatic rings. The molecule has 0 aromatic heterocycles. The molecule has 0 radical (unpaired) electrons. The molecular weight excluding hydrogens is 604 g/mol. The number of non-ortho nitro benzene ring substituents is 1. The lowest BCUT2D eigenvalue weighted by molar-refractivity contribution is -0.384. The van der Waals surface area contributed by atoms with Crippen molar-refractivity contribution >= 4 is 49.1 Å². The third kappa shape index (κ3) is 7.79. The Bertz CT molecular complexity index is 1490. The van der Waals surface area contributed by atoms with Crippen LogP contribution in [0.2, 0.25) is 0 Å². The van der Waals surface area contributed by atoms with Crippen LogP contribution in [0.4, 0.5) is 11.4 Å². The molecule has 1 atom stereocenters. The van der Waals surface area contributed by atoms with Gasteiger partial charge in [0.25, 0.3) is 5.69 Å². The van der Waals surface area contributed by atoms with Crippen molar-refractivity contribution in [3.05, 3.63) is 98.5 Å². The minimum atomic E-state index is -4.14. The fourth-order valence-electron chi connectivity index (χ4n) is 4.13. The summed E-state index contributed by atoms with van der Waals surface area (Å²) in [6, 6.07) is 18.8. The third-order valence-electron chi connectivity index (χ3n) is 6.08. The lowest BCUT2D eigenvalue weighted by Gasteiger charge is -2.33. The number of rotatable bonds is 12. The quantitative estimate of drug-likeness (QED) is 0.238. The maximum absolute atomic E-state index is 14.0. The minimum Gasteiger partial charge on any atom is -0.495 e. The van der Waals surface area contributed by atoms with Gasteiger partial charge in [0.15, 0.2) is 0 Å². The lowest BCUT2D eigenvalue weighted by Crippen LogP contribution is -2.52. The van der Waals surface area contributed by atoms with Gasteiger partial charge in [0.2, 0.25) is 21.8 Å². The van der Waals surface area contributed by atoms with E-state index >= 15 is 0 Å². The van der Waals surface area contributed by atoms with Crippen molar-refractivity contribution in [2.75, 3.05) is 31.3 Å². The van der Waals surface area contributed by atoms with Crippen LogP contribution in [0.25, 0.3) is 0 Å². The largest absolute Gasteiger partial charge is 0.495 e. The summed E-state index contributed by atoms with van der Waals surface area (Å²) >= 11 is 3.41. The van der Waals surface area contributed by atoms with Crippen molar-refractivity contribution in [1.82, 2.24) is 10.2 Å². The number of nitrogens with zero attached hydrogens (tertiary/aromatic N) is 3. The fraction of sp³-hybridized carbons (Fsp3) is 0.259. The molecule has 0 saturated carbocycles. The standard InChI is InChI=1S/C27H29BrN4O7S/c1-29-27(34)24(15-19-8-5-4-6-9-19)30(17-20-10-7-11-21(28)14-20)26(33)18-31(40(3,37)38)23-16-22(32(35)36)12-13-25(23)39-2/h4-14,16,24H,15,17-18H2,1-3H3,(H,29,34). The van der Waals surface area contributed by atoms with Gasteiger partial charge < -0.3 is 15.0 Å². The van der Waals surface area contributed by atoms with E-state index in [0.29, 0.717) is 5.56 Å². The Hall–Kier alpha value is -3.97. The molecule has 0 spiro atoms. The Balaban J connectivity index is 2.10. The van der Waals surface area contributed by atoms with Crippen molar-refractivity contribution in [1.29, 1.82) is 0 Å². The van der Waals surface area contributed by atoms with E-state index in [0.717, 1.165) is 26.7 Å². The number of benzene rings is 3. The smallest absolute Gasteiger partial charge is 0.271 e. The number of anilines is 1. The number of hydrogen-bond acceptors (Lipinski definition) is 7. The molecule has 0 aliphatic rings. The molecular formula is C27H29BrN4O7S. The van der Waals surface area contributed by atoms with Crippen LogP contribution in [0.15, 0.2) is 77.3 Å². The van der Waals surface area contributed by atoms with E-state index in [1.54, 1.807) is 18.2 Å². The summed E-state index contributed by atoms with van der Waals surface area (Å²) in [6.07, 6.45) is 1.05. The molecule has 3 aromatic carbocycles. The van der Waals surface area contributed by atoms with Crippen molar-refractivity contribution in [2.45, 2.75) is 19.0 Å². The highest BCUT2D eigenvalue weighted by atomic mass is 79.9. The molecule has 0 saturated heterocycles. The van der Waals surface area contributed by atoms with Crippen LogP contribution in [0.1, 0.15) is 11.1 Å². The first-order valence-corrected chi connectivity index (χ1v) is 14.7. The third-order valence-corrected chi connectivity index (χ3v) is 7.70. The molecule has 1 N–H and O–H groups in total. The number of hydrogen-bond donors (Lipinski definition) is 1. The van der Waals surface area contributed by atoms with Crippen LogP contribution in [0.5, 0.6) is 5.75 Å². The van der Waals surface area contributed by atoms with Gasteiger partial charge in [-0.25, -0.2) is 8.42 Å². The maximum atomic E-state index is 14.0. The van der Waals surface area contributed by atoms with E-state index in [1.165, 1.54) is 31.2 Å². The summed E-state index contributed by atoms with van der Waals surface area (Å²) in [5, 5.41) is 14.0. The minimum absolute atomic E-state index is 0.00708. The Labute approximate surface area is 241 Å². The Morgan fingerprint density at radius 1 is 1.05 bits per heavy atom. The monoisotopic (exact) mass is 632 g/mol. The Morgan fingerprint density at radius 2 is 1.73 bits per heavy atom. The Kier molecular flexibility index (Phi) is 10.2. The molecule has 0 aliphatic heterocycles. The predicted octanol–water partition coefficient (Wildman–Crippen LogP) is 3.52. The first-order valence-electron chi connectivity index (χ1n) is 12.0. The Morgan fingerprint density at radius 3 is 2.30 bits per heavy atom. The highest BCUT2D eigenvalue weighted by Crippen LogP contribution is 2.34. The van der Waals surface area contributed by atoms with Crippen LogP contribution >= 0.6 is 15.9 Å². The van der Waals surface area contributed by atoms with E-state index in [-0.39, 0.29) is 30.1 Å².